The van der Waals surface area contributed by atoms with Gasteiger partial charge in [-0.3, -0.25) is 0 Å². The summed E-state index contributed by atoms with van der Waals surface area (Å²) in [5.41, 5.74) is 7.78. The minimum Gasteiger partial charge on any atom is -0.330 e. The number of nitrogens with zero attached hydrogens (tertiary/aromatic N) is 1. The summed E-state index contributed by atoms with van der Waals surface area (Å²) < 4.78 is 0. The van der Waals surface area contributed by atoms with Crippen molar-refractivity contribution in [2.45, 2.75) is 32.1 Å². The van der Waals surface area contributed by atoms with Crippen LogP contribution >= 0.6 is 34.5 Å². The van der Waals surface area contributed by atoms with Crippen LogP contribution in [0.25, 0.3) is 0 Å². The van der Waals surface area contributed by atoms with Gasteiger partial charge in [0.15, 0.2) is 0 Å². The molecule has 0 unspecified atom stereocenters. The van der Waals surface area contributed by atoms with E-state index in [1.54, 1.807) is 11.3 Å². The fraction of sp³-hybridized carbons (Fsp3) is 0.400. The number of thiazole rings is 1. The van der Waals surface area contributed by atoms with Crippen molar-refractivity contribution < 1.29 is 0 Å². The van der Waals surface area contributed by atoms with Crippen molar-refractivity contribution in [1.29, 1.82) is 0 Å². The quantitative estimate of drug-likeness (QED) is 0.879. The Morgan fingerprint density at radius 2 is 2.00 bits per heavy atom. The van der Waals surface area contributed by atoms with Gasteiger partial charge in [-0.2, -0.15) is 0 Å². The van der Waals surface area contributed by atoms with Crippen LogP contribution in [0.1, 0.15) is 30.1 Å². The van der Waals surface area contributed by atoms with E-state index in [-0.39, 0.29) is 5.41 Å². The Balaban J connectivity index is 2.18. The molecule has 0 bridgehead atoms. The molecule has 108 valence electrons. The van der Waals surface area contributed by atoms with E-state index in [2.05, 4.69) is 24.2 Å². The van der Waals surface area contributed by atoms with Crippen LogP contribution in [0.5, 0.6) is 0 Å². The maximum Gasteiger partial charge on any atom is 0.0987 e. The first-order valence-corrected chi connectivity index (χ1v) is 8.15. The van der Waals surface area contributed by atoms with Crippen molar-refractivity contribution in [3.05, 3.63) is 49.9 Å². The van der Waals surface area contributed by atoms with Crippen molar-refractivity contribution in [3.63, 3.8) is 0 Å². The normalized spacial score (nSPS) is 11.8. The third-order valence-corrected chi connectivity index (χ3v) is 5.16. The van der Waals surface area contributed by atoms with Gasteiger partial charge < -0.3 is 5.73 Å². The molecule has 0 atom stereocenters. The summed E-state index contributed by atoms with van der Waals surface area (Å²) in [5, 5.41) is 4.42. The second kappa shape index (κ2) is 6.44. The average molecular weight is 329 g/mol. The van der Waals surface area contributed by atoms with Crippen molar-refractivity contribution in [2.75, 3.05) is 6.54 Å². The monoisotopic (exact) mass is 328 g/mol. The topological polar surface area (TPSA) is 38.9 Å². The largest absolute Gasteiger partial charge is 0.330 e. The van der Waals surface area contributed by atoms with Crippen LogP contribution in [0.3, 0.4) is 0 Å². The van der Waals surface area contributed by atoms with Gasteiger partial charge in [0.05, 0.1) is 20.7 Å². The average Bonchev–Trinajstić information content (AvgIpc) is 2.83. The van der Waals surface area contributed by atoms with Crippen molar-refractivity contribution in [3.8, 4) is 0 Å². The first kappa shape index (κ1) is 15.8. The maximum atomic E-state index is 6.08. The van der Waals surface area contributed by atoms with Gasteiger partial charge in [0.25, 0.3) is 0 Å². The zero-order chi connectivity index (χ0) is 14.8. The van der Waals surface area contributed by atoms with Gasteiger partial charge in [-0.1, -0.05) is 43.1 Å². The van der Waals surface area contributed by atoms with Gasteiger partial charge in [0.2, 0.25) is 0 Å². The number of aromatic nitrogens is 1. The van der Waals surface area contributed by atoms with Crippen LogP contribution in [0.15, 0.2) is 23.6 Å². The second-order valence-corrected chi connectivity index (χ2v) is 7.16. The highest BCUT2D eigenvalue weighted by atomic mass is 35.5. The summed E-state index contributed by atoms with van der Waals surface area (Å²) in [6.07, 6.45) is 1.71. The summed E-state index contributed by atoms with van der Waals surface area (Å²) in [7, 11) is 0. The van der Waals surface area contributed by atoms with E-state index in [9.17, 15) is 0 Å². The van der Waals surface area contributed by atoms with Crippen LogP contribution in [0.2, 0.25) is 10.0 Å². The molecule has 0 radical (unpaired) electrons. The number of hydrogen-bond acceptors (Lipinski definition) is 3. The Hall–Kier alpha value is -0.610. The molecule has 2 rings (SSSR count). The SMILES string of the molecule is CC(C)(Cc1ccc(Cl)c(Cl)c1)c1nc(CCN)cs1. The standard InChI is InChI=1S/C15H18Cl2N2S/c1-15(2,14-19-11(5-6-18)9-20-14)8-10-3-4-12(16)13(17)7-10/h3-4,7,9H,5-6,8,18H2,1-2H3. The van der Waals surface area contributed by atoms with Crippen LogP contribution in [0, 0.1) is 0 Å². The smallest absolute Gasteiger partial charge is 0.0987 e. The Bertz CT molecular complexity index is 593. The van der Waals surface area contributed by atoms with E-state index < -0.39 is 0 Å². The molecule has 1 aromatic carbocycles. The molecule has 0 fully saturated rings. The lowest BCUT2D eigenvalue weighted by Crippen LogP contribution is -2.20. The zero-order valence-corrected chi connectivity index (χ0v) is 13.9. The minimum atomic E-state index is -0.0331. The van der Waals surface area contributed by atoms with Crippen LogP contribution in [0.4, 0.5) is 0 Å². The minimum absolute atomic E-state index is 0.0331. The number of halogens is 2. The van der Waals surface area contributed by atoms with E-state index in [1.165, 1.54) is 5.56 Å². The molecule has 0 spiro atoms. The summed E-state index contributed by atoms with van der Waals surface area (Å²) in [6.45, 7) is 5.03. The Morgan fingerprint density at radius 3 is 2.65 bits per heavy atom. The molecule has 1 aromatic heterocycles. The van der Waals surface area contributed by atoms with Gasteiger partial charge in [0, 0.05) is 17.2 Å². The number of nitrogens with two attached hydrogens (primary N) is 1. The number of rotatable bonds is 5. The van der Waals surface area contributed by atoms with E-state index >= 15 is 0 Å². The first-order chi connectivity index (χ1) is 9.42. The Labute approximate surface area is 133 Å². The molecule has 0 saturated carbocycles. The van der Waals surface area contributed by atoms with Gasteiger partial charge in [-0.15, -0.1) is 11.3 Å². The summed E-state index contributed by atoms with van der Waals surface area (Å²) in [5.74, 6) is 0. The Morgan fingerprint density at radius 1 is 1.25 bits per heavy atom. The third kappa shape index (κ3) is 3.73. The van der Waals surface area contributed by atoms with E-state index in [1.807, 2.05) is 18.2 Å². The molecule has 2 N–H and O–H groups in total. The molecule has 5 heteroatoms. The van der Waals surface area contributed by atoms with E-state index in [0.29, 0.717) is 16.6 Å². The molecular formula is C15H18Cl2N2S. The predicted octanol–water partition coefficient (Wildman–Crippen LogP) is 4.47. The summed E-state index contributed by atoms with van der Waals surface area (Å²) >= 11 is 13.7. The molecule has 20 heavy (non-hydrogen) atoms. The van der Waals surface area contributed by atoms with Gasteiger partial charge in [0.1, 0.15) is 0 Å². The summed E-state index contributed by atoms with van der Waals surface area (Å²) in [6, 6.07) is 5.79. The van der Waals surface area contributed by atoms with Crippen LogP contribution in [-0.4, -0.2) is 11.5 Å². The van der Waals surface area contributed by atoms with Gasteiger partial charge in [-0.25, -0.2) is 4.98 Å². The molecule has 0 aliphatic carbocycles. The Kier molecular flexibility index (Phi) is 5.08. The predicted molar refractivity (Wildman–Crippen MR) is 88.1 cm³/mol. The molecule has 0 aliphatic rings. The van der Waals surface area contributed by atoms with Gasteiger partial charge in [-0.05, 0) is 30.7 Å². The molecule has 2 nitrogen and oxygen atoms in total. The van der Waals surface area contributed by atoms with Crippen molar-refractivity contribution in [2.24, 2.45) is 5.73 Å². The van der Waals surface area contributed by atoms with Crippen molar-refractivity contribution >= 4 is 34.5 Å². The molecule has 1 heterocycles. The number of benzene rings is 1. The maximum absolute atomic E-state index is 6.08. The lowest BCUT2D eigenvalue weighted by Gasteiger charge is -2.22. The molecule has 0 saturated heterocycles. The highest BCUT2D eigenvalue weighted by Gasteiger charge is 2.25. The van der Waals surface area contributed by atoms with E-state index in [4.69, 9.17) is 28.9 Å². The fourth-order valence-corrected chi connectivity index (χ4v) is 3.42. The van der Waals surface area contributed by atoms with Gasteiger partial charge >= 0.3 is 0 Å². The van der Waals surface area contributed by atoms with Crippen LogP contribution < -0.4 is 5.73 Å². The lowest BCUT2D eigenvalue weighted by molar-refractivity contribution is 0.517. The molecule has 2 aromatic rings. The lowest BCUT2D eigenvalue weighted by atomic mass is 9.86. The van der Waals surface area contributed by atoms with E-state index in [0.717, 1.165) is 23.5 Å². The fourth-order valence-electron chi connectivity index (χ4n) is 2.12. The van der Waals surface area contributed by atoms with Crippen LogP contribution in [-0.2, 0) is 18.3 Å². The summed E-state index contributed by atoms with van der Waals surface area (Å²) in [4.78, 5) is 4.69. The molecule has 0 amide bonds. The molecule has 0 aliphatic heterocycles. The molecular weight excluding hydrogens is 311 g/mol. The second-order valence-electron chi connectivity index (χ2n) is 5.49. The highest BCUT2D eigenvalue weighted by Crippen LogP contribution is 2.32. The highest BCUT2D eigenvalue weighted by molar-refractivity contribution is 7.09. The van der Waals surface area contributed by atoms with Crippen molar-refractivity contribution in [1.82, 2.24) is 4.98 Å². The third-order valence-electron chi connectivity index (χ3n) is 3.16. The zero-order valence-electron chi connectivity index (χ0n) is 11.6. The first-order valence-electron chi connectivity index (χ1n) is 6.51. The number of hydrogen-bond donors (Lipinski definition) is 1.